The summed E-state index contributed by atoms with van der Waals surface area (Å²) < 4.78 is 0. The predicted octanol–water partition coefficient (Wildman–Crippen LogP) is -3.41. The summed E-state index contributed by atoms with van der Waals surface area (Å²) in [5.41, 5.74) is 5.42. The molecule has 1 aromatic heterocycles. The molecule has 1 aromatic rings. The van der Waals surface area contributed by atoms with Gasteiger partial charge in [0.05, 0.1) is 25.2 Å². The van der Waals surface area contributed by atoms with Crippen molar-refractivity contribution in [1.29, 1.82) is 0 Å². The number of carboxylic acid groups (broad SMARTS) is 2. The van der Waals surface area contributed by atoms with Gasteiger partial charge in [-0.3, -0.25) is 24.0 Å². The van der Waals surface area contributed by atoms with Crippen molar-refractivity contribution >= 4 is 35.6 Å². The van der Waals surface area contributed by atoms with Crippen LogP contribution in [0.4, 0.5) is 0 Å². The third-order valence-electron chi connectivity index (χ3n) is 5.02. The van der Waals surface area contributed by atoms with Crippen LogP contribution in [-0.4, -0.2) is 86.5 Å². The highest BCUT2D eigenvalue weighted by Gasteiger charge is 2.33. The monoisotopic (exact) mass is 481 g/mol. The molecule has 1 aliphatic heterocycles. The maximum Gasteiger partial charge on any atom is 0.326 e. The number of aromatic nitrogens is 2. The molecule has 0 saturated carbocycles. The Kier molecular flexibility index (Phi) is 9.49. The Morgan fingerprint density at radius 3 is 2.24 bits per heavy atom. The van der Waals surface area contributed by atoms with Crippen molar-refractivity contribution in [3.63, 3.8) is 0 Å². The highest BCUT2D eigenvalue weighted by Crippen LogP contribution is 2.07. The van der Waals surface area contributed by atoms with Gasteiger partial charge in [0.2, 0.25) is 23.6 Å². The molecule has 34 heavy (non-hydrogen) atoms. The minimum Gasteiger partial charge on any atom is -0.481 e. The zero-order valence-corrected chi connectivity index (χ0v) is 18.1. The van der Waals surface area contributed by atoms with Crippen molar-refractivity contribution in [2.75, 3.05) is 6.54 Å². The Hall–Kier alpha value is -4.01. The molecule has 2 heterocycles. The van der Waals surface area contributed by atoms with Crippen LogP contribution in [0.5, 0.6) is 0 Å². The van der Waals surface area contributed by atoms with E-state index in [2.05, 4.69) is 31.2 Å². The average molecular weight is 481 g/mol. The highest BCUT2D eigenvalue weighted by atomic mass is 16.4. The summed E-state index contributed by atoms with van der Waals surface area (Å²) in [4.78, 5) is 78.3. The van der Waals surface area contributed by atoms with E-state index in [-0.39, 0.29) is 6.42 Å². The molecule has 9 N–H and O–H groups in total. The van der Waals surface area contributed by atoms with Crippen molar-refractivity contribution in [2.45, 2.75) is 56.3 Å². The van der Waals surface area contributed by atoms with Gasteiger partial charge in [-0.1, -0.05) is 0 Å². The average Bonchev–Trinajstić information content (AvgIpc) is 3.45. The molecular formula is C19H27N7O8. The second-order valence-corrected chi connectivity index (χ2v) is 7.72. The van der Waals surface area contributed by atoms with Crippen LogP contribution < -0.4 is 27.0 Å². The molecular weight excluding hydrogens is 454 g/mol. The summed E-state index contributed by atoms with van der Waals surface area (Å²) in [6.07, 6.45) is 2.36. The lowest BCUT2D eigenvalue weighted by Crippen LogP contribution is -2.58. The van der Waals surface area contributed by atoms with Gasteiger partial charge in [-0.05, 0) is 19.4 Å². The van der Waals surface area contributed by atoms with Crippen LogP contribution in [0, 0.1) is 0 Å². The van der Waals surface area contributed by atoms with Gasteiger partial charge in [-0.15, -0.1) is 0 Å². The number of carboxylic acids is 2. The van der Waals surface area contributed by atoms with E-state index in [1.807, 2.05) is 0 Å². The number of hydrogen-bond acceptors (Lipinski definition) is 8. The molecule has 2 rings (SSSR count). The van der Waals surface area contributed by atoms with Gasteiger partial charge in [0, 0.05) is 18.3 Å². The second kappa shape index (κ2) is 12.3. The number of aliphatic carboxylic acids is 2. The first-order chi connectivity index (χ1) is 16.1. The molecule has 0 aliphatic carbocycles. The number of carbonyl (C=O) groups excluding carboxylic acids is 4. The lowest BCUT2D eigenvalue weighted by molar-refractivity contribution is -0.144. The number of imidazole rings is 1. The van der Waals surface area contributed by atoms with Crippen molar-refractivity contribution in [3.8, 4) is 0 Å². The minimum absolute atomic E-state index is 0.168. The molecule has 4 unspecified atom stereocenters. The number of hydrogen-bond donors (Lipinski definition) is 8. The summed E-state index contributed by atoms with van der Waals surface area (Å²) in [5, 5.41) is 28.2. The van der Waals surface area contributed by atoms with E-state index in [4.69, 9.17) is 5.73 Å². The first-order valence-corrected chi connectivity index (χ1v) is 10.4. The Morgan fingerprint density at radius 2 is 1.71 bits per heavy atom. The summed E-state index contributed by atoms with van der Waals surface area (Å²) in [7, 11) is 0. The van der Waals surface area contributed by atoms with E-state index in [1.54, 1.807) is 0 Å². The first kappa shape index (κ1) is 26.2. The second-order valence-electron chi connectivity index (χ2n) is 7.72. The molecule has 186 valence electrons. The van der Waals surface area contributed by atoms with E-state index in [0.717, 1.165) is 6.42 Å². The normalized spacial score (nSPS) is 17.7. The summed E-state index contributed by atoms with van der Waals surface area (Å²) in [5.74, 6) is -6.32. The first-order valence-electron chi connectivity index (χ1n) is 10.4. The van der Waals surface area contributed by atoms with Gasteiger partial charge in [0.1, 0.15) is 18.1 Å². The molecule has 15 heteroatoms. The van der Waals surface area contributed by atoms with Gasteiger partial charge >= 0.3 is 11.9 Å². The van der Waals surface area contributed by atoms with Crippen LogP contribution in [0.15, 0.2) is 12.5 Å². The van der Waals surface area contributed by atoms with Crippen molar-refractivity contribution < 1.29 is 39.0 Å². The fourth-order valence-electron chi connectivity index (χ4n) is 3.34. The third-order valence-corrected chi connectivity index (χ3v) is 5.02. The Bertz CT molecular complexity index is 914. The molecule has 0 bridgehead atoms. The summed E-state index contributed by atoms with van der Waals surface area (Å²) in [6, 6.07) is -5.10. The third kappa shape index (κ3) is 8.16. The van der Waals surface area contributed by atoms with E-state index in [0.29, 0.717) is 18.7 Å². The lowest BCUT2D eigenvalue weighted by Gasteiger charge is -2.24. The van der Waals surface area contributed by atoms with Crippen molar-refractivity contribution in [1.82, 2.24) is 31.2 Å². The Labute approximate surface area is 193 Å². The molecule has 0 spiro atoms. The number of amides is 4. The number of nitrogens with two attached hydrogens (primary N) is 1. The number of aromatic amines is 1. The number of nitrogens with zero attached hydrogens (tertiary/aromatic N) is 1. The van der Waals surface area contributed by atoms with E-state index < -0.39 is 72.6 Å². The fraction of sp³-hybridized carbons (Fsp3) is 0.526. The van der Waals surface area contributed by atoms with Crippen LogP contribution in [0.2, 0.25) is 0 Å². The molecule has 15 nitrogen and oxygen atoms in total. The standard InChI is InChI=1S/C19H27N7O8/c20-14(27)5-13(19(33)34)26-17(31)11(4-9-7-21-8-23-9)24-18(32)12(6-15(28)29)25-16(30)10-2-1-3-22-10/h7-8,10-13,22H,1-6H2,(H2,20,27)(H,21,23)(H,24,32)(H,25,30)(H,26,31)(H,28,29)(H,33,34). The van der Waals surface area contributed by atoms with E-state index in [9.17, 15) is 39.0 Å². The number of nitrogens with one attached hydrogen (secondary N) is 5. The highest BCUT2D eigenvalue weighted by molar-refractivity contribution is 5.96. The van der Waals surface area contributed by atoms with Gasteiger partial charge < -0.3 is 42.2 Å². The van der Waals surface area contributed by atoms with Gasteiger partial charge in [-0.2, -0.15) is 0 Å². The predicted molar refractivity (Wildman–Crippen MR) is 113 cm³/mol. The largest absolute Gasteiger partial charge is 0.481 e. The Balaban J connectivity index is 2.17. The molecule has 1 aliphatic rings. The van der Waals surface area contributed by atoms with Crippen LogP contribution >= 0.6 is 0 Å². The van der Waals surface area contributed by atoms with Crippen LogP contribution in [0.25, 0.3) is 0 Å². The molecule has 4 amide bonds. The molecule has 4 atom stereocenters. The number of H-pyrrole nitrogens is 1. The lowest BCUT2D eigenvalue weighted by atomic mass is 10.1. The number of rotatable bonds is 13. The van der Waals surface area contributed by atoms with Crippen LogP contribution in [0.3, 0.4) is 0 Å². The molecule has 0 aromatic carbocycles. The van der Waals surface area contributed by atoms with Gasteiger partial charge in [0.25, 0.3) is 0 Å². The SMILES string of the molecule is NC(=O)CC(NC(=O)C(Cc1cnc[nH]1)NC(=O)C(CC(=O)O)NC(=O)C1CCCN1)C(=O)O. The molecule has 1 saturated heterocycles. The topological polar surface area (TPSA) is 246 Å². The summed E-state index contributed by atoms with van der Waals surface area (Å²) in [6.45, 7) is 0.607. The Morgan fingerprint density at radius 1 is 1.03 bits per heavy atom. The van der Waals surface area contributed by atoms with Gasteiger partial charge in [-0.25, -0.2) is 9.78 Å². The number of carbonyl (C=O) groups is 6. The quantitative estimate of drug-likeness (QED) is 0.139. The maximum atomic E-state index is 12.9. The fourth-order valence-corrected chi connectivity index (χ4v) is 3.34. The van der Waals surface area contributed by atoms with Crippen LogP contribution in [0.1, 0.15) is 31.4 Å². The van der Waals surface area contributed by atoms with E-state index in [1.165, 1.54) is 12.5 Å². The van der Waals surface area contributed by atoms with Crippen LogP contribution in [-0.2, 0) is 35.2 Å². The smallest absolute Gasteiger partial charge is 0.326 e. The zero-order valence-electron chi connectivity index (χ0n) is 18.1. The van der Waals surface area contributed by atoms with Crippen molar-refractivity contribution in [3.05, 3.63) is 18.2 Å². The minimum atomic E-state index is -1.64. The number of primary amides is 1. The maximum absolute atomic E-state index is 12.9. The molecule has 0 radical (unpaired) electrons. The molecule has 1 fully saturated rings. The van der Waals surface area contributed by atoms with Gasteiger partial charge in [0.15, 0.2) is 0 Å². The van der Waals surface area contributed by atoms with Crippen molar-refractivity contribution in [2.24, 2.45) is 5.73 Å². The van der Waals surface area contributed by atoms with E-state index >= 15 is 0 Å². The zero-order chi connectivity index (χ0) is 25.3. The summed E-state index contributed by atoms with van der Waals surface area (Å²) >= 11 is 0.